The third kappa shape index (κ3) is 5.82. The average molecular weight is 494 g/mol. The van der Waals surface area contributed by atoms with Crippen molar-refractivity contribution in [2.24, 2.45) is 11.8 Å². The van der Waals surface area contributed by atoms with Gasteiger partial charge in [0.05, 0.1) is 11.0 Å². The number of hydrogen-bond donors (Lipinski definition) is 0. The van der Waals surface area contributed by atoms with Crippen LogP contribution in [-0.4, -0.2) is 46.2 Å². The Morgan fingerprint density at radius 2 is 1.83 bits per heavy atom. The van der Waals surface area contributed by atoms with Crippen molar-refractivity contribution >= 4 is 16.9 Å². The second-order valence-electron chi connectivity index (χ2n) is 11.7. The van der Waals surface area contributed by atoms with Gasteiger partial charge in [-0.2, -0.15) is 0 Å². The van der Waals surface area contributed by atoms with Gasteiger partial charge in [-0.1, -0.05) is 38.7 Å². The molecule has 5 nitrogen and oxygen atoms in total. The first kappa shape index (κ1) is 25.8. The van der Waals surface area contributed by atoms with Gasteiger partial charge in [0.15, 0.2) is 0 Å². The van der Waals surface area contributed by atoms with Crippen LogP contribution in [0, 0.1) is 11.8 Å². The van der Waals surface area contributed by atoms with E-state index < -0.39 is 0 Å². The number of aryl methyl sites for hydroxylation is 1. The molecule has 0 spiro atoms. The zero-order valence-corrected chi connectivity index (χ0v) is 22.7. The maximum atomic E-state index is 13.4. The highest BCUT2D eigenvalue weighted by molar-refractivity contribution is 5.79. The second-order valence-corrected chi connectivity index (χ2v) is 11.7. The predicted molar refractivity (Wildman–Crippen MR) is 146 cm³/mol. The number of imidazole rings is 1. The van der Waals surface area contributed by atoms with Crippen LogP contribution in [0.1, 0.15) is 108 Å². The van der Waals surface area contributed by atoms with Crippen molar-refractivity contribution in [1.29, 1.82) is 0 Å². The lowest BCUT2D eigenvalue weighted by Gasteiger charge is -2.34. The minimum absolute atomic E-state index is 0.325. The summed E-state index contributed by atoms with van der Waals surface area (Å²) in [6, 6.07) is 7.30. The smallest absolute Gasteiger partial charge is 0.224 e. The summed E-state index contributed by atoms with van der Waals surface area (Å²) in [6.45, 7) is 7.83. The Balaban J connectivity index is 1.38. The van der Waals surface area contributed by atoms with E-state index in [1.54, 1.807) is 0 Å². The van der Waals surface area contributed by atoms with Crippen LogP contribution in [0.25, 0.3) is 11.0 Å². The minimum atomic E-state index is 0.325. The standard InChI is InChI=1S/C31H47N3O2/c1-3-23-10-13-26(14-11-23)31-32-28-15-12-24(20-25-17-19-36-22-25)21-29(28)34(31)18-16-30(35)33(4-2)27-8-6-5-7-9-27/h12,15,21,23,25-27H,3-11,13-14,16-20,22H2,1-2H3/t23-,25-,26-/m1/s1. The molecule has 1 aromatic heterocycles. The highest BCUT2D eigenvalue weighted by atomic mass is 16.5. The molecule has 5 rings (SSSR count). The van der Waals surface area contributed by atoms with Gasteiger partial charge in [0.1, 0.15) is 5.82 Å². The van der Waals surface area contributed by atoms with Crippen LogP contribution in [0.2, 0.25) is 0 Å². The number of ether oxygens (including phenoxy) is 1. The van der Waals surface area contributed by atoms with Gasteiger partial charge in [-0.15, -0.1) is 0 Å². The highest BCUT2D eigenvalue weighted by Crippen LogP contribution is 2.38. The number of fused-ring (bicyclic) bond motifs is 1. The third-order valence-corrected chi connectivity index (χ3v) is 9.41. The van der Waals surface area contributed by atoms with Gasteiger partial charge in [-0.25, -0.2) is 4.98 Å². The molecule has 3 fully saturated rings. The van der Waals surface area contributed by atoms with Crippen molar-refractivity contribution < 1.29 is 9.53 Å². The number of aromatic nitrogens is 2. The molecule has 2 aromatic rings. The number of carbonyl (C=O) groups excluding carboxylic acids is 1. The summed E-state index contributed by atoms with van der Waals surface area (Å²) in [5, 5.41) is 0. The first-order valence-corrected chi connectivity index (χ1v) is 15.0. The largest absolute Gasteiger partial charge is 0.381 e. The summed E-state index contributed by atoms with van der Waals surface area (Å²) >= 11 is 0. The van der Waals surface area contributed by atoms with E-state index in [1.165, 1.54) is 81.1 Å². The Hall–Kier alpha value is -1.88. The molecule has 1 atom stereocenters. The van der Waals surface area contributed by atoms with Crippen molar-refractivity contribution in [3.05, 3.63) is 29.6 Å². The van der Waals surface area contributed by atoms with Crippen LogP contribution in [-0.2, 0) is 22.5 Å². The lowest BCUT2D eigenvalue weighted by Crippen LogP contribution is -2.41. The van der Waals surface area contributed by atoms with E-state index in [4.69, 9.17) is 9.72 Å². The molecular formula is C31H47N3O2. The van der Waals surface area contributed by atoms with Gasteiger partial charge in [-0.05, 0) is 87.8 Å². The van der Waals surface area contributed by atoms with Crippen molar-refractivity contribution in [2.75, 3.05) is 19.8 Å². The van der Waals surface area contributed by atoms with Crippen LogP contribution < -0.4 is 0 Å². The summed E-state index contributed by atoms with van der Waals surface area (Å²) in [5.41, 5.74) is 3.71. The topological polar surface area (TPSA) is 47.4 Å². The maximum absolute atomic E-state index is 13.4. The Labute approximate surface area is 218 Å². The van der Waals surface area contributed by atoms with E-state index in [9.17, 15) is 4.79 Å². The SMILES string of the molecule is CCN(C(=O)CCn1c2cc(C[C@H]3CCOC3)ccc2nc1[C@H]1CC[C@H](CC)CC1)C1CCCCC1. The fourth-order valence-electron chi connectivity index (χ4n) is 7.15. The highest BCUT2D eigenvalue weighted by Gasteiger charge is 2.28. The fourth-order valence-corrected chi connectivity index (χ4v) is 7.15. The molecule has 5 heteroatoms. The zero-order valence-electron chi connectivity index (χ0n) is 22.7. The zero-order chi connectivity index (χ0) is 24.9. The molecule has 3 aliphatic rings. The number of nitrogens with zero attached hydrogens (tertiary/aromatic N) is 3. The predicted octanol–water partition coefficient (Wildman–Crippen LogP) is 6.87. The maximum Gasteiger partial charge on any atom is 0.224 e. The van der Waals surface area contributed by atoms with Gasteiger partial charge in [0.25, 0.3) is 0 Å². The van der Waals surface area contributed by atoms with Crippen molar-refractivity contribution in [3.8, 4) is 0 Å². The van der Waals surface area contributed by atoms with E-state index in [0.717, 1.165) is 50.6 Å². The lowest BCUT2D eigenvalue weighted by atomic mass is 9.80. The summed E-state index contributed by atoms with van der Waals surface area (Å²) in [5.74, 6) is 3.57. The average Bonchev–Trinajstić information content (AvgIpc) is 3.56. The molecule has 0 radical (unpaired) electrons. The summed E-state index contributed by atoms with van der Waals surface area (Å²) in [7, 11) is 0. The lowest BCUT2D eigenvalue weighted by molar-refractivity contribution is -0.134. The number of carbonyl (C=O) groups is 1. The Kier molecular flexibility index (Phi) is 8.66. The summed E-state index contributed by atoms with van der Waals surface area (Å²) < 4.78 is 8.07. The van der Waals surface area contributed by atoms with E-state index in [1.807, 2.05) is 0 Å². The molecule has 2 saturated carbocycles. The van der Waals surface area contributed by atoms with Crippen LogP contribution in [0.4, 0.5) is 0 Å². The Morgan fingerprint density at radius 1 is 1.03 bits per heavy atom. The molecule has 2 heterocycles. The quantitative estimate of drug-likeness (QED) is 0.383. The summed E-state index contributed by atoms with van der Waals surface area (Å²) in [4.78, 5) is 20.8. The van der Waals surface area contributed by atoms with E-state index in [0.29, 0.717) is 30.2 Å². The number of hydrogen-bond acceptors (Lipinski definition) is 3. The van der Waals surface area contributed by atoms with E-state index >= 15 is 0 Å². The van der Waals surface area contributed by atoms with Crippen LogP contribution in [0.5, 0.6) is 0 Å². The van der Waals surface area contributed by atoms with Gasteiger partial charge in [0, 0.05) is 44.7 Å². The molecule has 0 N–H and O–H groups in total. The summed E-state index contributed by atoms with van der Waals surface area (Å²) in [6.07, 6.45) is 15.4. The fraction of sp³-hybridized carbons (Fsp3) is 0.742. The molecule has 1 amide bonds. The normalized spacial score (nSPS) is 25.4. The molecule has 2 aliphatic carbocycles. The molecular weight excluding hydrogens is 446 g/mol. The molecule has 1 aromatic carbocycles. The monoisotopic (exact) mass is 493 g/mol. The minimum Gasteiger partial charge on any atom is -0.381 e. The first-order valence-electron chi connectivity index (χ1n) is 15.0. The van der Waals surface area contributed by atoms with Gasteiger partial charge in [-0.3, -0.25) is 4.79 Å². The van der Waals surface area contributed by atoms with Crippen LogP contribution >= 0.6 is 0 Å². The molecule has 0 bridgehead atoms. The van der Waals surface area contributed by atoms with E-state index in [2.05, 4.69) is 41.5 Å². The van der Waals surface area contributed by atoms with E-state index in [-0.39, 0.29) is 0 Å². The van der Waals surface area contributed by atoms with Gasteiger partial charge in [0.2, 0.25) is 5.91 Å². The number of benzene rings is 1. The second kappa shape index (κ2) is 12.1. The molecule has 0 unspecified atom stereocenters. The third-order valence-electron chi connectivity index (χ3n) is 9.41. The number of amides is 1. The Bertz CT molecular complexity index is 995. The number of rotatable bonds is 9. The van der Waals surface area contributed by atoms with Gasteiger partial charge < -0.3 is 14.2 Å². The van der Waals surface area contributed by atoms with Crippen LogP contribution in [0.3, 0.4) is 0 Å². The Morgan fingerprint density at radius 3 is 2.53 bits per heavy atom. The van der Waals surface area contributed by atoms with Gasteiger partial charge >= 0.3 is 0 Å². The molecule has 1 aliphatic heterocycles. The van der Waals surface area contributed by atoms with Crippen LogP contribution in [0.15, 0.2) is 18.2 Å². The van der Waals surface area contributed by atoms with Crippen molar-refractivity contribution in [1.82, 2.24) is 14.5 Å². The molecule has 198 valence electrons. The molecule has 36 heavy (non-hydrogen) atoms. The van der Waals surface area contributed by atoms with Crippen molar-refractivity contribution in [3.63, 3.8) is 0 Å². The van der Waals surface area contributed by atoms with Crippen molar-refractivity contribution in [2.45, 2.75) is 116 Å². The molecule has 1 saturated heterocycles. The first-order chi connectivity index (χ1) is 17.7.